The molecule has 1 N–H and O–H groups in total. The number of amides is 1. The zero-order valence-electron chi connectivity index (χ0n) is 14.1. The van der Waals surface area contributed by atoms with Gasteiger partial charge in [-0.15, -0.1) is 0 Å². The Morgan fingerprint density at radius 1 is 1.28 bits per heavy atom. The number of ether oxygens (including phenoxy) is 2. The van der Waals surface area contributed by atoms with Crippen molar-refractivity contribution >= 4 is 17.5 Å². The van der Waals surface area contributed by atoms with Crippen LogP contribution in [0.1, 0.15) is 11.6 Å². The number of nitrogens with one attached hydrogen (secondary N) is 1. The lowest BCUT2D eigenvalue weighted by atomic mass is 10.0. The molecule has 3 rings (SSSR count). The van der Waals surface area contributed by atoms with Crippen molar-refractivity contribution in [3.63, 3.8) is 0 Å². The van der Waals surface area contributed by atoms with Gasteiger partial charge in [-0.25, -0.2) is 0 Å². The number of nitrogens with zero attached hydrogens (tertiary/aromatic N) is 1. The van der Waals surface area contributed by atoms with Crippen molar-refractivity contribution in [3.8, 4) is 11.5 Å². The average molecular weight is 361 g/mol. The number of hydrogen-bond acceptors (Lipinski definition) is 4. The molecule has 0 radical (unpaired) electrons. The fourth-order valence-corrected chi connectivity index (χ4v) is 3.19. The van der Waals surface area contributed by atoms with Crippen molar-refractivity contribution < 1.29 is 14.3 Å². The van der Waals surface area contributed by atoms with Gasteiger partial charge < -0.3 is 19.7 Å². The summed E-state index contributed by atoms with van der Waals surface area (Å²) in [6, 6.07) is 14.8. The normalized spacial score (nSPS) is 17.2. The predicted octanol–water partition coefficient (Wildman–Crippen LogP) is 2.90. The maximum Gasteiger partial charge on any atom is 0.261 e. The van der Waals surface area contributed by atoms with Crippen molar-refractivity contribution in [3.05, 3.63) is 59.1 Å². The molecule has 1 amide bonds. The van der Waals surface area contributed by atoms with Crippen LogP contribution in [0.5, 0.6) is 11.5 Å². The van der Waals surface area contributed by atoms with Gasteiger partial charge in [-0.1, -0.05) is 35.9 Å². The molecule has 0 saturated carbocycles. The second-order valence-electron chi connectivity index (χ2n) is 5.80. The summed E-state index contributed by atoms with van der Waals surface area (Å²) < 4.78 is 11.1. The Bertz CT molecular complexity index is 738. The highest BCUT2D eigenvalue weighted by atomic mass is 35.5. The number of halogens is 1. The zero-order chi connectivity index (χ0) is 17.6. The number of hydrogen-bond donors (Lipinski definition) is 1. The third kappa shape index (κ3) is 4.24. The van der Waals surface area contributed by atoms with E-state index in [2.05, 4.69) is 5.32 Å². The minimum Gasteiger partial charge on any atom is -0.496 e. The van der Waals surface area contributed by atoms with E-state index >= 15 is 0 Å². The largest absolute Gasteiger partial charge is 0.496 e. The number of carbonyl (C=O) groups is 1. The molecule has 1 saturated heterocycles. The van der Waals surface area contributed by atoms with E-state index in [1.165, 1.54) is 0 Å². The molecule has 25 heavy (non-hydrogen) atoms. The minimum atomic E-state index is -0.0830. The van der Waals surface area contributed by atoms with Crippen molar-refractivity contribution in [1.29, 1.82) is 0 Å². The van der Waals surface area contributed by atoms with E-state index in [-0.39, 0.29) is 18.6 Å². The summed E-state index contributed by atoms with van der Waals surface area (Å²) in [6.07, 6.45) is 0. The molecule has 5 nitrogen and oxygen atoms in total. The topological polar surface area (TPSA) is 50.8 Å². The molecule has 1 heterocycles. The monoisotopic (exact) mass is 360 g/mol. The highest BCUT2D eigenvalue weighted by molar-refractivity contribution is 6.30. The van der Waals surface area contributed by atoms with Crippen LogP contribution in [0.4, 0.5) is 0 Å². The Hall–Kier alpha value is -2.24. The van der Waals surface area contributed by atoms with Crippen LogP contribution < -0.4 is 14.8 Å². The molecule has 1 atom stereocenters. The zero-order valence-corrected chi connectivity index (χ0v) is 14.8. The van der Waals surface area contributed by atoms with Gasteiger partial charge in [0.2, 0.25) is 0 Å². The number of carbonyl (C=O) groups excluding carboxylic acids is 1. The van der Waals surface area contributed by atoms with Crippen LogP contribution in [0.25, 0.3) is 0 Å². The standard InChI is InChI=1S/C19H21ClN2O3/c1-24-18-8-3-2-7-16(18)17-12-21-9-10-22(17)19(23)13-25-15-6-4-5-14(20)11-15/h2-8,11,17,21H,9-10,12-13H2,1H3. The molecule has 1 unspecified atom stereocenters. The van der Waals surface area contributed by atoms with E-state index < -0.39 is 0 Å². The van der Waals surface area contributed by atoms with Crippen LogP contribution >= 0.6 is 11.6 Å². The van der Waals surface area contributed by atoms with Gasteiger partial charge in [0.25, 0.3) is 5.91 Å². The summed E-state index contributed by atoms with van der Waals surface area (Å²) in [5, 5.41) is 3.93. The number of para-hydroxylation sites is 1. The van der Waals surface area contributed by atoms with Gasteiger partial charge in [-0.05, 0) is 24.3 Å². The van der Waals surface area contributed by atoms with Gasteiger partial charge in [0.05, 0.1) is 13.2 Å². The second kappa shape index (κ2) is 8.23. The van der Waals surface area contributed by atoms with Crippen LogP contribution in [0, 0.1) is 0 Å². The quantitative estimate of drug-likeness (QED) is 0.890. The molecule has 132 valence electrons. The van der Waals surface area contributed by atoms with E-state index in [1.54, 1.807) is 31.4 Å². The summed E-state index contributed by atoms with van der Waals surface area (Å²) in [5.74, 6) is 1.31. The van der Waals surface area contributed by atoms with E-state index in [0.29, 0.717) is 23.9 Å². The molecule has 6 heteroatoms. The summed E-state index contributed by atoms with van der Waals surface area (Å²) in [6.45, 7) is 2.05. The molecular weight excluding hydrogens is 340 g/mol. The maximum atomic E-state index is 12.7. The second-order valence-corrected chi connectivity index (χ2v) is 6.23. The SMILES string of the molecule is COc1ccccc1C1CNCCN1C(=O)COc1cccc(Cl)c1. The molecule has 1 fully saturated rings. The fourth-order valence-electron chi connectivity index (χ4n) is 3.01. The van der Waals surface area contributed by atoms with E-state index in [9.17, 15) is 4.79 Å². The van der Waals surface area contributed by atoms with E-state index in [1.807, 2.05) is 29.2 Å². The highest BCUT2D eigenvalue weighted by Crippen LogP contribution is 2.30. The molecule has 0 aromatic heterocycles. The summed E-state index contributed by atoms with van der Waals surface area (Å²) in [4.78, 5) is 14.6. The summed E-state index contributed by atoms with van der Waals surface area (Å²) in [7, 11) is 1.64. The number of piperazine rings is 1. The highest BCUT2D eigenvalue weighted by Gasteiger charge is 2.29. The lowest BCUT2D eigenvalue weighted by Crippen LogP contribution is -2.50. The van der Waals surface area contributed by atoms with Crippen LogP contribution in [-0.4, -0.2) is 44.2 Å². The first-order valence-corrected chi connectivity index (χ1v) is 8.58. The molecule has 0 aliphatic carbocycles. The number of rotatable bonds is 5. The first-order valence-electron chi connectivity index (χ1n) is 8.20. The molecule has 2 aromatic rings. The summed E-state index contributed by atoms with van der Waals surface area (Å²) in [5.41, 5.74) is 0.994. The Balaban J connectivity index is 1.73. The average Bonchev–Trinajstić information content (AvgIpc) is 2.66. The molecule has 1 aliphatic heterocycles. The van der Waals surface area contributed by atoms with Gasteiger partial charge in [-0.3, -0.25) is 4.79 Å². The molecule has 0 spiro atoms. The molecule has 0 bridgehead atoms. The Morgan fingerprint density at radius 2 is 2.12 bits per heavy atom. The lowest BCUT2D eigenvalue weighted by Gasteiger charge is -2.37. The van der Waals surface area contributed by atoms with Crippen molar-refractivity contribution in [2.75, 3.05) is 33.4 Å². The number of methoxy groups -OCH3 is 1. The van der Waals surface area contributed by atoms with Crippen LogP contribution in [0.2, 0.25) is 5.02 Å². The van der Waals surface area contributed by atoms with Gasteiger partial charge in [0.15, 0.2) is 6.61 Å². The Kier molecular flexibility index (Phi) is 5.79. The van der Waals surface area contributed by atoms with Gasteiger partial charge in [-0.2, -0.15) is 0 Å². The maximum absolute atomic E-state index is 12.7. The first-order chi connectivity index (χ1) is 12.2. The van der Waals surface area contributed by atoms with Crippen LogP contribution in [0.15, 0.2) is 48.5 Å². The van der Waals surface area contributed by atoms with Crippen LogP contribution in [-0.2, 0) is 4.79 Å². The summed E-state index contributed by atoms with van der Waals surface area (Å²) >= 11 is 5.95. The van der Waals surface area contributed by atoms with Crippen molar-refractivity contribution in [1.82, 2.24) is 10.2 Å². The molecule has 2 aromatic carbocycles. The molecule has 1 aliphatic rings. The lowest BCUT2D eigenvalue weighted by molar-refractivity contribution is -0.136. The Labute approximate surface area is 152 Å². The van der Waals surface area contributed by atoms with Crippen molar-refractivity contribution in [2.24, 2.45) is 0 Å². The van der Waals surface area contributed by atoms with E-state index in [4.69, 9.17) is 21.1 Å². The van der Waals surface area contributed by atoms with E-state index in [0.717, 1.165) is 17.9 Å². The van der Waals surface area contributed by atoms with Gasteiger partial charge in [0.1, 0.15) is 11.5 Å². The fraction of sp³-hybridized carbons (Fsp3) is 0.316. The smallest absolute Gasteiger partial charge is 0.261 e. The molecular formula is C19H21ClN2O3. The first kappa shape index (κ1) is 17.6. The van der Waals surface area contributed by atoms with Crippen LogP contribution in [0.3, 0.4) is 0 Å². The van der Waals surface area contributed by atoms with Crippen molar-refractivity contribution in [2.45, 2.75) is 6.04 Å². The van der Waals surface area contributed by atoms with Gasteiger partial charge in [0, 0.05) is 30.2 Å². The third-order valence-corrected chi connectivity index (χ3v) is 4.46. The minimum absolute atomic E-state index is 0.0218. The third-order valence-electron chi connectivity index (χ3n) is 4.22. The predicted molar refractivity (Wildman–Crippen MR) is 97.3 cm³/mol. The Morgan fingerprint density at radius 3 is 2.92 bits per heavy atom. The number of benzene rings is 2. The van der Waals surface area contributed by atoms with Gasteiger partial charge >= 0.3 is 0 Å².